The fourth-order valence-corrected chi connectivity index (χ4v) is 3.06. The van der Waals surface area contributed by atoms with Crippen molar-refractivity contribution in [3.63, 3.8) is 0 Å². The third kappa shape index (κ3) is 2.21. The highest BCUT2D eigenvalue weighted by Crippen LogP contribution is 2.38. The first-order chi connectivity index (χ1) is 8.41. The van der Waals surface area contributed by atoms with Gasteiger partial charge in [-0.2, -0.15) is 0 Å². The normalized spacial score (nSPS) is 12.8. The molecule has 0 bridgehead atoms. The zero-order valence-corrected chi connectivity index (χ0v) is 11.9. The Balaban J connectivity index is 2.54. The number of hydrogen-bond acceptors (Lipinski definition) is 1. The molecule has 4 heteroatoms. The number of aryl methyl sites for hydroxylation is 2. The van der Waals surface area contributed by atoms with Crippen molar-refractivity contribution in [2.75, 3.05) is 0 Å². The molecule has 0 saturated carbocycles. The van der Waals surface area contributed by atoms with E-state index in [0.717, 1.165) is 34.8 Å². The SMILES string of the molecule is Cc1oc(C)c(C(Br)c2cc(F)ccc2F)c1C. The van der Waals surface area contributed by atoms with Gasteiger partial charge in [-0.05, 0) is 44.5 Å². The summed E-state index contributed by atoms with van der Waals surface area (Å²) < 4.78 is 32.5. The zero-order chi connectivity index (χ0) is 13.4. The largest absolute Gasteiger partial charge is 0.466 e. The number of furan rings is 1. The summed E-state index contributed by atoms with van der Waals surface area (Å²) in [4.78, 5) is -0.411. The van der Waals surface area contributed by atoms with Crippen molar-refractivity contribution in [1.82, 2.24) is 0 Å². The molecule has 0 radical (unpaired) electrons. The molecular formula is C14H13BrF2O. The summed E-state index contributed by atoms with van der Waals surface area (Å²) in [7, 11) is 0. The molecule has 0 aliphatic heterocycles. The van der Waals surface area contributed by atoms with E-state index in [0.29, 0.717) is 0 Å². The van der Waals surface area contributed by atoms with Crippen LogP contribution in [0, 0.1) is 32.4 Å². The van der Waals surface area contributed by atoms with E-state index in [1.165, 1.54) is 6.07 Å². The molecule has 0 fully saturated rings. The molecule has 1 atom stereocenters. The molecule has 0 aliphatic rings. The van der Waals surface area contributed by atoms with Gasteiger partial charge in [0.15, 0.2) is 0 Å². The lowest BCUT2D eigenvalue weighted by Crippen LogP contribution is -1.99. The molecule has 1 unspecified atom stereocenters. The molecule has 96 valence electrons. The first kappa shape index (κ1) is 13.3. The summed E-state index contributed by atoms with van der Waals surface area (Å²) in [6.07, 6.45) is 0. The maximum Gasteiger partial charge on any atom is 0.128 e. The molecule has 0 aliphatic carbocycles. The average molecular weight is 315 g/mol. The first-order valence-electron chi connectivity index (χ1n) is 5.57. The van der Waals surface area contributed by atoms with Crippen LogP contribution >= 0.6 is 15.9 Å². The molecule has 1 heterocycles. The summed E-state index contributed by atoms with van der Waals surface area (Å²) >= 11 is 3.43. The van der Waals surface area contributed by atoms with Crippen LogP contribution in [0.25, 0.3) is 0 Å². The van der Waals surface area contributed by atoms with E-state index in [-0.39, 0.29) is 5.56 Å². The van der Waals surface area contributed by atoms with Gasteiger partial charge in [0.25, 0.3) is 0 Å². The second-order valence-electron chi connectivity index (χ2n) is 4.28. The van der Waals surface area contributed by atoms with Gasteiger partial charge in [-0.25, -0.2) is 8.78 Å². The lowest BCUT2D eigenvalue weighted by atomic mass is 10.0. The lowest BCUT2D eigenvalue weighted by molar-refractivity contribution is 0.500. The van der Waals surface area contributed by atoms with Crippen molar-refractivity contribution < 1.29 is 13.2 Å². The van der Waals surface area contributed by atoms with Crippen LogP contribution in [-0.2, 0) is 0 Å². The van der Waals surface area contributed by atoms with Gasteiger partial charge < -0.3 is 4.42 Å². The minimum absolute atomic E-state index is 0.280. The van der Waals surface area contributed by atoms with Crippen LogP contribution in [0.4, 0.5) is 8.78 Å². The molecule has 1 aromatic carbocycles. The van der Waals surface area contributed by atoms with Crippen molar-refractivity contribution in [1.29, 1.82) is 0 Å². The van der Waals surface area contributed by atoms with Crippen molar-refractivity contribution >= 4 is 15.9 Å². The summed E-state index contributed by atoms with van der Waals surface area (Å²) in [5.74, 6) is 0.626. The van der Waals surface area contributed by atoms with Crippen LogP contribution in [0.1, 0.15) is 33.0 Å². The van der Waals surface area contributed by atoms with Gasteiger partial charge in [0.2, 0.25) is 0 Å². The van der Waals surface area contributed by atoms with E-state index >= 15 is 0 Å². The van der Waals surface area contributed by atoms with Gasteiger partial charge in [-0.3, -0.25) is 0 Å². The van der Waals surface area contributed by atoms with E-state index in [1.807, 2.05) is 20.8 Å². The lowest BCUT2D eigenvalue weighted by Gasteiger charge is -2.12. The second-order valence-corrected chi connectivity index (χ2v) is 5.20. The molecule has 0 saturated heterocycles. The predicted octanol–water partition coefficient (Wildman–Crippen LogP) is 4.97. The fraction of sp³-hybridized carbons (Fsp3) is 0.286. The van der Waals surface area contributed by atoms with E-state index in [2.05, 4.69) is 15.9 Å². The summed E-state index contributed by atoms with van der Waals surface area (Å²) in [6, 6.07) is 3.45. The standard InChI is InChI=1S/C14H13BrF2O/c1-7-8(2)18-9(3)13(7)14(15)11-6-10(16)4-5-12(11)17/h4-6,14H,1-3H3. The fourth-order valence-electron chi connectivity index (χ4n) is 2.05. The van der Waals surface area contributed by atoms with Crippen molar-refractivity contribution in [2.24, 2.45) is 0 Å². The van der Waals surface area contributed by atoms with Crippen LogP contribution in [-0.4, -0.2) is 0 Å². The Morgan fingerprint density at radius 2 is 1.78 bits per heavy atom. The van der Waals surface area contributed by atoms with Crippen molar-refractivity contribution in [2.45, 2.75) is 25.6 Å². The number of alkyl halides is 1. The van der Waals surface area contributed by atoms with E-state index in [1.54, 1.807) is 0 Å². The average Bonchev–Trinajstić information content (AvgIpc) is 2.56. The van der Waals surface area contributed by atoms with Crippen LogP contribution in [0.15, 0.2) is 22.6 Å². The van der Waals surface area contributed by atoms with Crippen LogP contribution in [0.2, 0.25) is 0 Å². The Labute approximate surface area is 113 Å². The predicted molar refractivity (Wildman–Crippen MR) is 70.0 cm³/mol. The molecular weight excluding hydrogens is 302 g/mol. The van der Waals surface area contributed by atoms with Gasteiger partial charge in [-0.15, -0.1) is 0 Å². The van der Waals surface area contributed by atoms with Crippen LogP contribution in [0.3, 0.4) is 0 Å². The number of halogens is 3. The van der Waals surface area contributed by atoms with Gasteiger partial charge in [0, 0.05) is 11.1 Å². The van der Waals surface area contributed by atoms with E-state index in [4.69, 9.17) is 4.42 Å². The van der Waals surface area contributed by atoms with Crippen molar-refractivity contribution in [3.05, 3.63) is 58.0 Å². The Kier molecular flexibility index (Phi) is 3.57. The molecule has 0 N–H and O–H groups in total. The van der Waals surface area contributed by atoms with Gasteiger partial charge in [0.05, 0.1) is 4.83 Å². The summed E-state index contributed by atoms with van der Waals surface area (Å²) in [5.41, 5.74) is 2.09. The first-order valence-corrected chi connectivity index (χ1v) is 6.49. The minimum Gasteiger partial charge on any atom is -0.466 e. The smallest absolute Gasteiger partial charge is 0.128 e. The second kappa shape index (κ2) is 4.84. The van der Waals surface area contributed by atoms with Crippen LogP contribution in [0.5, 0.6) is 0 Å². The highest BCUT2D eigenvalue weighted by molar-refractivity contribution is 9.09. The summed E-state index contributed by atoms with van der Waals surface area (Å²) in [5, 5.41) is 0. The maximum absolute atomic E-state index is 13.7. The third-order valence-corrected chi connectivity index (χ3v) is 4.05. The van der Waals surface area contributed by atoms with E-state index in [9.17, 15) is 8.78 Å². The maximum atomic E-state index is 13.7. The summed E-state index contributed by atoms with van der Waals surface area (Å²) in [6.45, 7) is 5.58. The highest BCUT2D eigenvalue weighted by Gasteiger charge is 2.23. The number of benzene rings is 1. The Morgan fingerprint density at radius 3 is 2.33 bits per heavy atom. The van der Waals surface area contributed by atoms with E-state index < -0.39 is 16.5 Å². The highest BCUT2D eigenvalue weighted by atomic mass is 79.9. The van der Waals surface area contributed by atoms with Crippen molar-refractivity contribution in [3.8, 4) is 0 Å². The molecule has 18 heavy (non-hydrogen) atoms. The molecule has 0 spiro atoms. The van der Waals surface area contributed by atoms with Crippen LogP contribution < -0.4 is 0 Å². The molecule has 0 amide bonds. The topological polar surface area (TPSA) is 13.1 Å². The Morgan fingerprint density at radius 1 is 1.11 bits per heavy atom. The molecule has 1 aromatic heterocycles. The third-order valence-electron chi connectivity index (χ3n) is 3.10. The van der Waals surface area contributed by atoms with Gasteiger partial charge in [0.1, 0.15) is 23.2 Å². The molecule has 2 aromatic rings. The molecule has 1 nitrogen and oxygen atoms in total. The number of rotatable bonds is 2. The zero-order valence-electron chi connectivity index (χ0n) is 10.4. The minimum atomic E-state index is -0.452. The van der Waals surface area contributed by atoms with Gasteiger partial charge >= 0.3 is 0 Å². The number of hydrogen-bond donors (Lipinski definition) is 0. The Bertz CT molecular complexity index is 590. The Hall–Kier alpha value is -1.16. The monoisotopic (exact) mass is 314 g/mol. The van der Waals surface area contributed by atoms with Gasteiger partial charge in [-0.1, -0.05) is 15.9 Å². The quantitative estimate of drug-likeness (QED) is 0.713. The molecule has 2 rings (SSSR count).